The van der Waals surface area contributed by atoms with Gasteiger partial charge in [-0.3, -0.25) is 9.59 Å². The Morgan fingerprint density at radius 2 is 1.92 bits per heavy atom. The molecule has 0 atom stereocenters. The predicted octanol–water partition coefficient (Wildman–Crippen LogP) is 2.58. The van der Waals surface area contributed by atoms with Crippen LogP contribution in [0.2, 0.25) is 0 Å². The molecule has 7 nitrogen and oxygen atoms in total. The Labute approximate surface area is 160 Å². The average molecular weight is 392 g/mol. The van der Waals surface area contributed by atoms with Crippen molar-refractivity contribution in [3.63, 3.8) is 0 Å². The molecule has 1 aliphatic rings. The van der Waals surface area contributed by atoms with Crippen LogP contribution in [0.25, 0.3) is 0 Å². The third kappa shape index (κ3) is 5.43. The van der Waals surface area contributed by atoms with E-state index >= 15 is 0 Å². The standard InChI is InChI=1S/C17H21N5O2S2/c1-10-4-3-5-11(2)15(10)20-13(23)8-18-14(24)9-25-17-22-21-16(26-17)19-12-6-7-12/h3-5,12H,6-9H2,1-2H3,(H,18,24)(H,19,21)(H,20,23). The van der Waals surface area contributed by atoms with Gasteiger partial charge in [-0.2, -0.15) is 0 Å². The number of nitrogens with one attached hydrogen (secondary N) is 3. The minimum atomic E-state index is -0.243. The first-order valence-electron chi connectivity index (χ1n) is 8.37. The van der Waals surface area contributed by atoms with Crippen molar-refractivity contribution in [2.75, 3.05) is 22.9 Å². The maximum Gasteiger partial charge on any atom is 0.243 e. The van der Waals surface area contributed by atoms with Crippen LogP contribution in [-0.2, 0) is 9.59 Å². The molecule has 138 valence electrons. The Hall–Kier alpha value is -2.13. The number of hydrogen-bond donors (Lipinski definition) is 3. The molecule has 1 aromatic carbocycles. The van der Waals surface area contributed by atoms with Gasteiger partial charge in [-0.15, -0.1) is 10.2 Å². The molecule has 0 aliphatic heterocycles. The van der Waals surface area contributed by atoms with E-state index in [0.717, 1.165) is 26.3 Å². The highest BCUT2D eigenvalue weighted by atomic mass is 32.2. The molecule has 1 aliphatic carbocycles. The minimum Gasteiger partial charge on any atom is -0.357 e. The zero-order valence-electron chi connectivity index (χ0n) is 14.7. The van der Waals surface area contributed by atoms with E-state index in [1.807, 2.05) is 32.0 Å². The molecular formula is C17H21N5O2S2. The Balaban J connectivity index is 1.39. The fourth-order valence-electron chi connectivity index (χ4n) is 2.28. The average Bonchev–Trinajstić information content (AvgIpc) is 3.31. The van der Waals surface area contributed by atoms with Crippen LogP contribution in [0.5, 0.6) is 0 Å². The second kappa shape index (κ2) is 8.50. The van der Waals surface area contributed by atoms with Crippen molar-refractivity contribution >= 4 is 45.7 Å². The van der Waals surface area contributed by atoms with E-state index in [4.69, 9.17) is 0 Å². The molecule has 1 saturated carbocycles. The zero-order valence-corrected chi connectivity index (χ0v) is 16.3. The van der Waals surface area contributed by atoms with Gasteiger partial charge in [0.25, 0.3) is 0 Å². The van der Waals surface area contributed by atoms with Crippen molar-refractivity contribution in [2.45, 2.75) is 37.1 Å². The highest BCUT2D eigenvalue weighted by molar-refractivity contribution is 8.01. The lowest BCUT2D eigenvalue weighted by Crippen LogP contribution is -2.34. The van der Waals surface area contributed by atoms with Crippen LogP contribution in [0.15, 0.2) is 22.5 Å². The zero-order chi connectivity index (χ0) is 18.5. The lowest BCUT2D eigenvalue weighted by Gasteiger charge is -2.11. The molecule has 2 aromatic rings. The van der Waals surface area contributed by atoms with E-state index < -0.39 is 0 Å². The van der Waals surface area contributed by atoms with Crippen LogP contribution in [0.1, 0.15) is 24.0 Å². The molecule has 0 saturated heterocycles. The molecule has 3 N–H and O–H groups in total. The Kier molecular flexibility index (Phi) is 6.10. The second-order valence-corrected chi connectivity index (χ2v) is 8.37. The van der Waals surface area contributed by atoms with Gasteiger partial charge < -0.3 is 16.0 Å². The number of nitrogens with zero attached hydrogens (tertiary/aromatic N) is 2. The molecule has 0 spiro atoms. The molecule has 1 heterocycles. The van der Waals surface area contributed by atoms with Gasteiger partial charge >= 0.3 is 0 Å². The van der Waals surface area contributed by atoms with Gasteiger partial charge in [0.1, 0.15) is 0 Å². The van der Waals surface area contributed by atoms with Gasteiger partial charge in [-0.1, -0.05) is 41.3 Å². The summed E-state index contributed by atoms with van der Waals surface area (Å²) in [6, 6.07) is 6.34. The van der Waals surface area contributed by atoms with Crippen molar-refractivity contribution in [3.8, 4) is 0 Å². The summed E-state index contributed by atoms with van der Waals surface area (Å²) in [6.07, 6.45) is 2.35. The van der Waals surface area contributed by atoms with Gasteiger partial charge in [0.2, 0.25) is 16.9 Å². The van der Waals surface area contributed by atoms with Crippen molar-refractivity contribution < 1.29 is 9.59 Å². The van der Waals surface area contributed by atoms with E-state index in [1.54, 1.807) is 0 Å². The van der Waals surface area contributed by atoms with Crippen molar-refractivity contribution in [1.82, 2.24) is 15.5 Å². The van der Waals surface area contributed by atoms with Crippen LogP contribution in [0.3, 0.4) is 0 Å². The number of para-hydroxylation sites is 1. The number of rotatable bonds is 8. The van der Waals surface area contributed by atoms with Crippen LogP contribution >= 0.6 is 23.1 Å². The van der Waals surface area contributed by atoms with Crippen molar-refractivity contribution in [3.05, 3.63) is 29.3 Å². The van der Waals surface area contributed by atoms with Crippen LogP contribution in [-0.4, -0.2) is 40.4 Å². The van der Waals surface area contributed by atoms with Gasteiger partial charge in [-0.25, -0.2) is 0 Å². The Bertz CT molecular complexity index is 784. The fourth-order valence-corrected chi connectivity index (χ4v) is 3.94. The highest BCUT2D eigenvalue weighted by Gasteiger charge is 2.22. The smallest absolute Gasteiger partial charge is 0.243 e. The Morgan fingerprint density at radius 1 is 1.19 bits per heavy atom. The molecule has 0 unspecified atom stereocenters. The molecule has 3 rings (SSSR count). The first-order valence-corrected chi connectivity index (χ1v) is 10.2. The number of hydrogen-bond acceptors (Lipinski definition) is 7. The first-order chi connectivity index (χ1) is 12.5. The number of carbonyl (C=O) groups is 2. The topological polar surface area (TPSA) is 96.0 Å². The number of aromatic nitrogens is 2. The normalized spacial score (nSPS) is 13.3. The first kappa shape index (κ1) is 18.7. The van der Waals surface area contributed by atoms with Gasteiger partial charge in [0, 0.05) is 11.7 Å². The number of thioether (sulfide) groups is 1. The summed E-state index contributed by atoms with van der Waals surface area (Å²) in [5.41, 5.74) is 2.78. The lowest BCUT2D eigenvalue weighted by atomic mass is 10.1. The minimum absolute atomic E-state index is 0.0578. The van der Waals surface area contributed by atoms with Gasteiger partial charge in [-0.05, 0) is 37.8 Å². The third-order valence-electron chi connectivity index (χ3n) is 3.83. The summed E-state index contributed by atoms with van der Waals surface area (Å²) < 4.78 is 0.739. The molecular weight excluding hydrogens is 370 g/mol. The lowest BCUT2D eigenvalue weighted by molar-refractivity contribution is -0.122. The summed E-state index contributed by atoms with van der Waals surface area (Å²) in [6.45, 7) is 3.82. The summed E-state index contributed by atoms with van der Waals surface area (Å²) in [7, 11) is 0. The van der Waals surface area contributed by atoms with Crippen LogP contribution in [0.4, 0.5) is 10.8 Å². The maximum atomic E-state index is 12.0. The molecule has 1 aromatic heterocycles. The van der Waals surface area contributed by atoms with E-state index in [0.29, 0.717) is 6.04 Å². The maximum absolute atomic E-state index is 12.0. The van der Waals surface area contributed by atoms with Crippen LogP contribution < -0.4 is 16.0 Å². The van der Waals surface area contributed by atoms with Crippen molar-refractivity contribution in [2.24, 2.45) is 0 Å². The molecule has 1 fully saturated rings. The van der Waals surface area contributed by atoms with E-state index in [1.165, 1.54) is 35.9 Å². The molecule has 0 radical (unpaired) electrons. The predicted molar refractivity (Wildman–Crippen MR) is 105 cm³/mol. The number of carbonyl (C=O) groups excluding carboxylic acids is 2. The molecule has 26 heavy (non-hydrogen) atoms. The Morgan fingerprint density at radius 3 is 2.62 bits per heavy atom. The number of benzene rings is 1. The van der Waals surface area contributed by atoms with Crippen LogP contribution in [0, 0.1) is 13.8 Å². The number of anilines is 2. The monoisotopic (exact) mass is 391 g/mol. The van der Waals surface area contributed by atoms with E-state index in [9.17, 15) is 9.59 Å². The second-order valence-electron chi connectivity index (χ2n) is 6.17. The number of aryl methyl sites for hydroxylation is 2. The van der Waals surface area contributed by atoms with Crippen molar-refractivity contribution in [1.29, 1.82) is 0 Å². The highest BCUT2D eigenvalue weighted by Crippen LogP contribution is 2.30. The quantitative estimate of drug-likeness (QED) is 0.599. The largest absolute Gasteiger partial charge is 0.357 e. The summed E-state index contributed by atoms with van der Waals surface area (Å²) in [4.78, 5) is 24.0. The third-order valence-corrected chi connectivity index (χ3v) is 5.82. The molecule has 9 heteroatoms. The summed E-state index contributed by atoms with van der Waals surface area (Å²) in [5.74, 6) is -0.250. The van der Waals surface area contributed by atoms with E-state index in [-0.39, 0.29) is 24.1 Å². The summed E-state index contributed by atoms with van der Waals surface area (Å²) >= 11 is 2.76. The molecule has 0 bridgehead atoms. The van der Waals surface area contributed by atoms with E-state index in [2.05, 4.69) is 26.1 Å². The molecule has 2 amide bonds. The number of amides is 2. The van der Waals surface area contributed by atoms with Gasteiger partial charge in [0.15, 0.2) is 4.34 Å². The SMILES string of the molecule is Cc1cccc(C)c1NC(=O)CNC(=O)CSc1nnc(NC2CC2)s1. The summed E-state index contributed by atoms with van der Waals surface area (Å²) in [5, 5.41) is 17.6. The van der Waals surface area contributed by atoms with Gasteiger partial charge in [0.05, 0.1) is 12.3 Å². The fraction of sp³-hybridized carbons (Fsp3) is 0.412.